The molecule has 0 aromatic heterocycles. The van der Waals surface area contributed by atoms with E-state index in [1.54, 1.807) is 7.11 Å². The van der Waals surface area contributed by atoms with Gasteiger partial charge >= 0.3 is 0 Å². The molecule has 0 aliphatic carbocycles. The van der Waals surface area contributed by atoms with E-state index in [1.165, 1.54) is 11.1 Å². The molecule has 2 rings (SSSR count). The summed E-state index contributed by atoms with van der Waals surface area (Å²) in [5.41, 5.74) is 2.50. The average Bonchev–Trinajstić information content (AvgIpc) is 2.42. The van der Waals surface area contributed by atoms with Crippen LogP contribution in [-0.2, 0) is 5.41 Å². The lowest BCUT2D eigenvalue weighted by Crippen LogP contribution is -2.33. The predicted molar refractivity (Wildman–Crippen MR) is 87.4 cm³/mol. The van der Waals surface area contributed by atoms with Crippen molar-refractivity contribution in [3.63, 3.8) is 0 Å². The molecule has 0 amide bonds. The molecule has 1 aliphatic rings. The third-order valence-electron chi connectivity index (χ3n) is 4.04. The zero-order valence-electron chi connectivity index (χ0n) is 14.2. The maximum Gasteiger partial charge on any atom is 0.128 e. The fourth-order valence-corrected chi connectivity index (χ4v) is 2.91. The smallest absolute Gasteiger partial charge is 0.128 e. The van der Waals surface area contributed by atoms with Crippen molar-refractivity contribution in [2.24, 2.45) is 0 Å². The Morgan fingerprint density at radius 1 is 1.33 bits per heavy atom. The Kier molecular flexibility index (Phi) is 4.82. The maximum atomic E-state index is 6.20. The molecule has 0 bridgehead atoms. The summed E-state index contributed by atoms with van der Waals surface area (Å²) in [5.74, 6) is 1.97. The van der Waals surface area contributed by atoms with Crippen molar-refractivity contribution in [2.75, 3.05) is 13.7 Å². The summed E-state index contributed by atoms with van der Waals surface area (Å²) in [5, 5.41) is 3.65. The van der Waals surface area contributed by atoms with Crippen molar-refractivity contribution in [3.05, 3.63) is 23.3 Å². The van der Waals surface area contributed by atoms with Gasteiger partial charge in [-0.3, -0.25) is 0 Å². The van der Waals surface area contributed by atoms with E-state index in [0.29, 0.717) is 6.04 Å². The van der Waals surface area contributed by atoms with Crippen LogP contribution in [0.15, 0.2) is 12.1 Å². The molecule has 1 aliphatic heterocycles. The molecule has 0 spiro atoms. The molecule has 21 heavy (non-hydrogen) atoms. The van der Waals surface area contributed by atoms with E-state index in [1.807, 2.05) is 0 Å². The van der Waals surface area contributed by atoms with Crippen LogP contribution in [0.3, 0.4) is 0 Å². The van der Waals surface area contributed by atoms with Crippen LogP contribution in [0.5, 0.6) is 11.5 Å². The van der Waals surface area contributed by atoms with Crippen LogP contribution in [0.4, 0.5) is 0 Å². The number of benzene rings is 1. The van der Waals surface area contributed by atoms with Gasteiger partial charge in [-0.2, -0.15) is 0 Å². The van der Waals surface area contributed by atoms with Crippen molar-refractivity contribution in [2.45, 2.75) is 65.0 Å². The van der Waals surface area contributed by atoms with Gasteiger partial charge in [0.1, 0.15) is 11.5 Å². The molecule has 0 radical (unpaired) electrons. The molecule has 2 unspecified atom stereocenters. The van der Waals surface area contributed by atoms with Crippen LogP contribution in [-0.4, -0.2) is 19.8 Å². The molecule has 1 aromatic rings. The highest BCUT2D eigenvalue weighted by Crippen LogP contribution is 2.44. The molecule has 2 atom stereocenters. The van der Waals surface area contributed by atoms with Gasteiger partial charge in [0.2, 0.25) is 0 Å². The van der Waals surface area contributed by atoms with Gasteiger partial charge in [0.25, 0.3) is 0 Å². The highest BCUT2D eigenvalue weighted by molar-refractivity contribution is 5.52. The SMILES string of the molecule is CCCNC1CC(C)Oc2c1cc(OC)cc2C(C)(C)C. The van der Waals surface area contributed by atoms with Gasteiger partial charge in [-0.05, 0) is 37.4 Å². The molecule has 0 saturated carbocycles. The average molecular weight is 291 g/mol. The van der Waals surface area contributed by atoms with Crippen molar-refractivity contribution in [3.8, 4) is 11.5 Å². The minimum Gasteiger partial charge on any atom is -0.497 e. The molecule has 3 nitrogen and oxygen atoms in total. The van der Waals surface area contributed by atoms with Crippen LogP contribution in [0.1, 0.15) is 64.6 Å². The van der Waals surface area contributed by atoms with Gasteiger partial charge in [0, 0.05) is 23.6 Å². The second kappa shape index (κ2) is 6.27. The van der Waals surface area contributed by atoms with Gasteiger partial charge in [-0.25, -0.2) is 0 Å². The van der Waals surface area contributed by atoms with E-state index in [9.17, 15) is 0 Å². The van der Waals surface area contributed by atoms with Crippen LogP contribution in [0.25, 0.3) is 0 Å². The van der Waals surface area contributed by atoms with E-state index >= 15 is 0 Å². The first-order chi connectivity index (χ1) is 9.86. The normalized spacial score (nSPS) is 21.6. The first-order valence-electron chi connectivity index (χ1n) is 7.99. The molecule has 0 fully saturated rings. The Bertz CT molecular complexity index is 491. The van der Waals surface area contributed by atoms with Gasteiger partial charge in [-0.1, -0.05) is 27.7 Å². The fourth-order valence-electron chi connectivity index (χ4n) is 2.91. The summed E-state index contributed by atoms with van der Waals surface area (Å²) < 4.78 is 11.7. The lowest BCUT2D eigenvalue weighted by molar-refractivity contribution is 0.162. The largest absolute Gasteiger partial charge is 0.497 e. The lowest BCUT2D eigenvalue weighted by atomic mass is 9.82. The zero-order valence-corrected chi connectivity index (χ0v) is 14.2. The van der Waals surface area contributed by atoms with Gasteiger partial charge in [0.05, 0.1) is 13.2 Å². The highest BCUT2D eigenvalue weighted by Gasteiger charge is 2.31. The lowest BCUT2D eigenvalue weighted by Gasteiger charge is -2.35. The first-order valence-corrected chi connectivity index (χ1v) is 7.99. The standard InChI is InChI=1S/C18H29NO2/c1-7-8-19-16-9-12(2)21-17-14(16)10-13(20-6)11-15(17)18(3,4)5/h10-12,16,19H,7-9H2,1-6H3. The zero-order chi connectivity index (χ0) is 15.6. The number of rotatable bonds is 4. The Morgan fingerprint density at radius 3 is 2.62 bits per heavy atom. The molecular formula is C18H29NO2. The number of hydrogen-bond donors (Lipinski definition) is 1. The van der Waals surface area contributed by atoms with E-state index in [0.717, 1.165) is 30.9 Å². The topological polar surface area (TPSA) is 30.5 Å². The van der Waals surface area contributed by atoms with Crippen molar-refractivity contribution >= 4 is 0 Å². The van der Waals surface area contributed by atoms with Gasteiger partial charge in [0.15, 0.2) is 0 Å². The Morgan fingerprint density at radius 2 is 2.05 bits per heavy atom. The number of ether oxygens (including phenoxy) is 2. The summed E-state index contributed by atoms with van der Waals surface area (Å²) in [6.45, 7) is 12.0. The Labute approximate surface area is 129 Å². The summed E-state index contributed by atoms with van der Waals surface area (Å²) in [6, 6.07) is 4.59. The second-order valence-electron chi connectivity index (χ2n) is 7.01. The fraction of sp³-hybridized carbons (Fsp3) is 0.667. The number of hydrogen-bond acceptors (Lipinski definition) is 3. The molecule has 0 saturated heterocycles. The molecule has 1 N–H and O–H groups in total. The summed E-state index contributed by atoms with van der Waals surface area (Å²) in [7, 11) is 1.73. The van der Waals surface area contributed by atoms with Crippen molar-refractivity contribution < 1.29 is 9.47 Å². The summed E-state index contributed by atoms with van der Waals surface area (Å²) >= 11 is 0. The number of nitrogens with one attached hydrogen (secondary N) is 1. The Hall–Kier alpha value is -1.22. The van der Waals surface area contributed by atoms with Gasteiger partial charge in [-0.15, -0.1) is 0 Å². The molecule has 1 aromatic carbocycles. The van der Waals surface area contributed by atoms with E-state index in [2.05, 4.69) is 52.1 Å². The van der Waals surface area contributed by atoms with Crippen LogP contribution >= 0.6 is 0 Å². The van der Waals surface area contributed by atoms with Crippen LogP contribution < -0.4 is 14.8 Å². The highest BCUT2D eigenvalue weighted by atomic mass is 16.5. The van der Waals surface area contributed by atoms with E-state index in [4.69, 9.17) is 9.47 Å². The van der Waals surface area contributed by atoms with E-state index in [-0.39, 0.29) is 11.5 Å². The van der Waals surface area contributed by atoms with Crippen LogP contribution in [0, 0.1) is 0 Å². The molecule has 1 heterocycles. The minimum atomic E-state index is 0.0327. The predicted octanol–water partition coefficient (Wildman–Crippen LogP) is 4.20. The quantitative estimate of drug-likeness (QED) is 0.901. The van der Waals surface area contributed by atoms with Crippen molar-refractivity contribution in [1.29, 1.82) is 0 Å². The first kappa shape index (κ1) is 16.2. The second-order valence-corrected chi connectivity index (χ2v) is 7.01. The Balaban J connectivity index is 2.51. The number of fused-ring (bicyclic) bond motifs is 1. The monoisotopic (exact) mass is 291 g/mol. The molecule has 3 heteroatoms. The summed E-state index contributed by atoms with van der Waals surface area (Å²) in [4.78, 5) is 0. The van der Waals surface area contributed by atoms with Crippen molar-refractivity contribution in [1.82, 2.24) is 5.32 Å². The maximum absolute atomic E-state index is 6.20. The van der Waals surface area contributed by atoms with Crippen LogP contribution in [0.2, 0.25) is 0 Å². The molecular weight excluding hydrogens is 262 g/mol. The molecule has 118 valence electrons. The number of methoxy groups -OCH3 is 1. The van der Waals surface area contributed by atoms with Gasteiger partial charge < -0.3 is 14.8 Å². The minimum absolute atomic E-state index is 0.0327. The van der Waals surface area contributed by atoms with E-state index < -0.39 is 0 Å². The third kappa shape index (κ3) is 3.52. The summed E-state index contributed by atoms with van der Waals surface area (Å²) in [6.07, 6.45) is 2.38. The third-order valence-corrected chi connectivity index (χ3v) is 4.04.